The molecule has 0 bridgehead atoms. The average molecular weight is 317 g/mol. The molecule has 7 heteroatoms. The predicted octanol–water partition coefficient (Wildman–Crippen LogP) is 2.16. The second-order valence-corrected chi connectivity index (χ2v) is 5.59. The molecular weight excluding hydrogens is 304 g/mol. The van der Waals surface area contributed by atoms with Crippen molar-refractivity contribution in [3.8, 4) is 5.75 Å². The minimum Gasteiger partial charge on any atom is -0.493 e. The number of nitrogens with zero attached hydrogens (tertiary/aromatic N) is 4. The molecule has 1 atom stereocenters. The van der Waals surface area contributed by atoms with Crippen LogP contribution < -0.4 is 10.4 Å². The third kappa shape index (κ3) is 1.84. The summed E-state index contributed by atoms with van der Waals surface area (Å²) in [5.41, 5.74) is 2.07. The van der Waals surface area contributed by atoms with Crippen LogP contribution in [0.3, 0.4) is 0 Å². The average Bonchev–Trinajstić information content (AvgIpc) is 2.78. The zero-order valence-corrected chi connectivity index (χ0v) is 12.6. The van der Waals surface area contributed by atoms with Crippen molar-refractivity contribution < 1.29 is 4.74 Å². The molecule has 0 N–H and O–H groups in total. The molecule has 0 amide bonds. The van der Waals surface area contributed by atoms with E-state index in [-0.39, 0.29) is 17.0 Å². The molecule has 4 rings (SSSR count). The van der Waals surface area contributed by atoms with Crippen molar-refractivity contribution in [3.63, 3.8) is 0 Å². The number of rotatable bonds is 1. The van der Waals surface area contributed by atoms with Crippen LogP contribution in [-0.4, -0.2) is 25.7 Å². The van der Waals surface area contributed by atoms with Gasteiger partial charge in [0.05, 0.1) is 18.8 Å². The van der Waals surface area contributed by atoms with E-state index in [1.54, 1.807) is 22.4 Å². The minimum atomic E-state index is -0.131. The fourth-order valence-corrected chi connectivity index (χ4v) is 3.12. The molecule has 2 aromatic heterocycles. The van der Waals surface area contributed by atoms with E-state index in [9.17, 15) is 4.79 Å². The Labute approximate surface area is 130 Å². The van der Waals surface area contributed by atoms with Crippen LogP contribution in [0.1, 0.15) is 18.0 Å². The smallest absolute Gasteiger partial charge is 0.330 e. The van der Waals surface area contributed by atoms with Gasteiger partial charge in [0, 0.05) is 19.0 Å². The molecule has 22 heavy (non-hydrogen) atoms. The Morgan fingerprint density at radius 2 is 2.18 bits per heavy atom. The second-order valence-electron chi connectivity index (χ2n) is 5.25. The first-order chi connectivity index (χ1) is 10.7. The molecule has 1 aromatic carbocycles. The van der Waals surface area contributed by atoms with Crippen LogP contribution in [0.15, 0.2) is 35.3 Å². The summed E-state index contributed by atoms with van der Waals surface area (Å²) in [5.74, 6) is 0.808. The maximum absolute atomic E-state index is 12.7. The third-order valence-electron chi connectivity index (χ3n) is 4.04. The van der Waals surface area contributed by atoms with E-state index >= 15 is 0 Å². The first kappa shape index (κ1) is 13.3. The van der Waals surface area contributed by atoms with Gasteiger partial charge in [-0.05, 0) is 17.7 Å². The summed E-state index contributed by atoms with van der Waals surface area (Å²) < 4.78 is 8.91. The van der Waals surface area contributed by atoms with Gasteiger partial charge in [-0.15, -0.1) is 0 Å². The fraction of sp³-hybridized carbons (Fsp3) is 0.267. The van der Waals surface area contributed by atoms with Crippen molar-refractivity contribution in [2.45, 2.75) is 12.5 Å². The number of hydrogen-bond donors (Lipinski definition) is 0. The van der Waals surface area contributed by atoms with Crippen molar-refractivity contribution in [2.24, 2.45) is 7.05 Å². The van der Waals surface area contributed by atoms with Crippen molar-refractivity contribution in [2.75, 3.05) is 6.61 Å². The van der Waals surface area contributed by atoms with Crippen LogP contribution in [0.2, 0.25) is 5.28 Å². The SMILES string of the molecule is Cn1c(=O)n([C@@H]2CCOc3ccccc32)c2nc(Cl)ncc21. The number of ether oxygens (including phenoxy) is 1. The molecular formula is C15H13ClN4O2. The molecule has 1 aliphatic heterocycles. The number of para-hydroxylation sites is 1. The van der Waals surface area contributed by atoms with Crippen LogP contribution in [0.5, 0.6) is 5.75 Å². The van der Waals surface area contributed by atoms with Gasteiger partial charge in [-0.1, -0.05) is 18.2 Å². The first-order valence-electron chi connectivity index (χ1n) is 6.98. The lowest BCUT2D eigenvalue weighted by molar-refractivity contribution is 0.256. The molecule has 0 saturated heterocycles. The lowest BCUT2D eigenvalue weighted by Gasteiger charge is -2.26. The second kappa shape index (κ2) is 4.84. The van der Waals surface area contributed by atoms with E-state index in [1.165, 1.54) is 0 Å². The molecule has 3 aromatic rings. The number of halogens is 1. The topological polar surface area (TPSA) is 61.9 Å². The maximum Gasteiger partial charge on any atom is 0.330 e. The van der Waals surface area contributed by atoms with Crippen molar-refractivity contribution in [3.05, 3.63) is 51.8 Å². The molecule has 0 aliphatic carbocycles. The van der Waals surface area contributed by atoms with Gasteiger partial charge in [-0.2, -0.15) is 4.98 Å². The normalized spacial score (nSPS) is 17.3. The summed E-state index contributed by atoms with van der Waals surface area (Å²) in [6.45, 7) is 0.559. The molecule has 0 saturated carbocycles. The van der Waals surface area contributed by atoms with Crippen LogP contribution in [0, 0.1) is 0 Å². The number of imidazole rings is 1. The number of aromatic nitrogens is 4. The molecule has 0 radical (unpaired) electrons. The monoisotopic (exact) mass is 316 g/mol. The lowest BCUT2D eigenvalue weighted by atomic mass is 10.0. The van der Waals surface area contributed by atoms with E-state index in [4.69, 9.17) is 16.3 Å². The van der Waals surface area contributed by atoms with E-state index < -0.39 is 0 Å². The first-order valence-corrected chi connectivity index (χ1v) is 7.36. The number of benzene rings is 1. The highest BCUT2D eigenvalue weighted by Gasteiger charge is 2.27. The Morgan fingerprint density at radius 3 is 3.05 bits per heavy atom. The Balaban J connectivity index is 2.02. The Kier molecular flexibility index (Phi) is 2.94. The molecule has 3 heterocycles. The zero-order chi connectivity index (χ0) is 15.3. The van der Waals surface area contributed by atoms with Crippen molar-refractivity contribution in [1.82, 2.24) is 19.1 Å². The van der Waals surface area contributed by atoms with Gasteiger partial charge >= 0.3 is 5.69 Å². The quantitative estimate of drug-likeness (QED) is 0.645. The van der Waals surface area contributed by atoms with Gasteiger partial charge in [0.1, 0.15) is 11.3 Å². The van der Waals surface area contributed by atoms with Crippen LogP contribution in [-0.2, 0) is 7.05 Å². The Bertz CT molecular complexity index is 931. The van der Waals surface area contributed by atoms with E-state index in [0.29, 0.717) is 24.2 Å². The number of hydrogen-bond acceptors (Lipinski definition) is 4. The number of fused-ring (bicyclic) bond motifs is 2. The van der Waals surface area contributed by atoms with Gasteiger partial charge in [0.25, 0.3) is 0 Å². The van der Waals surface area contributed by atoms with Crippen LogP contribution >= 0.6 is 11.6 Å². The standard InChI is InChI=1S/C15H13ClN4O2/c1-19-11-8-17-14(16)18-13(11)20(15(19)21)10-6-7-22-12-5-3-2-4-9(10)12/h2-5,8,10H,6-7H2,1H3/t10-/m1/s1. The van der Waals surface area contributed by atoms with Gasteiger partial charge in [-0.25, -0.2) is 9.78 Å². The largest absolute Gasteiger partial charge is 0.493 e. The highest BCUT2D eigenvalue weighted by molar-refractivity contribution is 6.28. The van der Waals surface area contributed by atoms with Gasteiger partial charge < -0.3 is 4.74 Å². The van der Waals surface area contributed by atoms with E-state index in [0.717, 1.165) is 11.3 Å². The van der Waals surface area contributed by atoms with E-state index in [2.05, 4.69) is 9.97 Å². The summed E-state index contributed by atoms with van der Waals surface area (Å²) in [6.07, 6.45) is 2.28. The minimum absolute atomic E-state index is 0.118. The molecule has 112 valence electrons. The summed E-state index contributed by atoms with van der Waals surface area (Å²) >= 11 is 5.92. The molecule has 0 unspecified atom stereocenters. The summed E-state index contributed by atoms with van der Waals surface area (Å²) in [6, 6.07) is 7.64. The molecule has 0 spiro atoms. The lowest BCUT2D eigenvalue weighted by Crippen LogP contribution is -2.30. The molecule has 6 nitrogen and oxygen atoms in total. The fourth-order valence-electron chi connectivity index (χ4n) is 2.99. The van der Waals surface area contributed by atoms with Crippen LogP contribution in [0.4, 0.5) is 0 Å². The maximum atomic E-state index is 12.7. The van der Waals surface area contributed by atoms with Crippen molar-refractivity contribution >= 4 is 22.8 Å². The van der Waals surface area contributed by atoms with Crippen molar-refractivity contribution in [1.29, 1.82) is 0 Å². The number of aryl methyl sites for hydroxylation is 1. The Hall–Kier alpha value is -2.34. The highest BCUT2D eigenvalue weighted by atomic mass is 35.5. The van der Waals surface area contributed by atoms with Gasteiger partial charge in [-0.3, -0.25) is 9.13 Å². The summed E-state index contributed by atoms with van der Waals surface area (Å²) in [7, 11) is 1.71. The van der Waals surface area contributed by atoms with E-state index in [1.807, 2.05) is 24.3 Å². The van der Waals surface area contributed by atoms with Gasteiger partial charge in [0.2, 0.25) is 5.28 Å². The third-order valence-corrected chi connectivity index (χ3v) is 4.22. The highest BCUT2D eigenvalue weighted by Crippen LogP contribution is 2.35. The zero-order valence-electron chi connectivity index (χ0n) is 11.9. The van der Waals surface area contributed by atoms with Gasteiger partial charge in [0.15, 0.2) is 5.65 Å². The predicted molar refractivity (Wildman–Crippen MR) is 82.5 cm³/mol. The molecule has 0 fully saturated rings. The molecule has 1 aliphatic rings. The summed E-state index contributed by atoms with van der Waals surface area (Å²) in [4.78, 5) is 20.9. The van der Waals surface area contributed by atoms with Crippen LogP contribution in [0.25, 0.3) is 11.2 Å². The Morgan fingerprint density at radius 1 is 1.36 bits per heavy atom. The summed E-state index contributed by atoms with van der Waals surface area (Å²) in [5, 5.41) is 0.132.